The molecule has 1 rings (SSSR count). The van der Waals surface area contributed by atoms with Gasteiger partial charge >= 0.3 is 6.09 Å². The van der Waals surface area contributed by atoms with Crippen molar-refractivity contribution < 1.29 is 17.9 Å². The van der Waals surface area contributed by atoms with Crippen LogP contribution in [-0.4, -0.2) is 39.5 Å². The molecule has 1 N–H and O–H groups in total. The smallest absolute Gasteiger partial charge is 0.407 e. The van der Waals surface area contributed by atoms with Crippen molar-refractivity contribution in [1.82, 2.24) is 5.32 Å². The van der Waals surface area contributed by atoms with Gasteiger partial charge in [-0.05, 0) is 57.9 Å². The van der Waals surface area contributed by atoms with Crippen LogP contribution in [0.3, 0.4) is 0 Å². The number of benzene rings is 1. The minimum atomic E-state index is -3.44. The number of aryl methyl sites for hydroxylation is 2. The molecule has 0 heterocycles. The van der Waals surface area contributed by atoms with E-state index in [-0.39, 0.29) is 13.1 Å². The van der Waals surface area contributed by atoms with Crippen LogP contribution in [0.25, 0.3) is 0 Å². The molecule has 6 nitrogen and oxygen atoms in total. The molecule has 0 radical (unpaired) electrons. The summed E-state index contributed by atoms with van der Waals surface area (Å²) >= 11 is 0. The summed E-state index contributed by atoms with van der Waals surface area (Å²) in [6.07, 6.45) is 0.587. The number of anilines is 1. The minimum absolute atomic E-state index is 0.140. The van der Waals surface area contributed by atoms with Crippen molar-refractivity contribution in [3.05, 3.63) is 29.3 Å². The molecule has 1 aromatic rings. The Morgan fingerprint density at radius 2 is 1.70 bits per heavy atom. The normalized spacial score (nSPS) is 11.9. The maximum Gasteiger partial charge on any atom is 0.407 e. The number of hydrogen-bond donors (Lipinski definition) is 1. The molecule has 0 bridgehead atoms. The Morgan fingerprint density at radius 3 is 2.13 bits per heavy atom. The van der Waals surface area contributed by atoms with E-state index < -0.39 is 21.7 Å². The van der Waals surface area contributed by atoms with Gasteiger partial charge in [-0.15, -0.1) is 0 Å². The molecule has 0 aliphatic rings. The molecule has 130 valence electrons. The molecule has 0 saturated carbocycles. The molecule has 0 fully saturated rings. The van der Waals surface area contributed by atoms with Crippen molar-refractivity contribution >= 4 is 21.8 Å². The van der Waals surface area contributed by atoms with Gasteiger partial charge in [0.15, 0.2) is 0 Å². The van der Waals surface area contributed by atoms with Gasteiger partial charge < -0.3 is 10.1 Å². The SMILES string of the molecule is Cc1cc(C)cc(N(CCNC(=O)OC(C)(C)C)S(C)(=O)=O)c1. The van der Waals surface area contributed by atoms with Gasteiger partial charge in [0.05, 0.1) is 18.5 Å². The third-order valence-electron chi connectivity index (χ3n) is 2.88. The van der Waals surface area contributed by atoms with Gasteiger partial charge in [0.25, 0.3) is 0 Å². The van der Waals surface area contributed by atoms with Crippen molar-refractivity contribution in [2.45, 2.75) is 40.2 Å². The van der Waals surface area contributed by atoms with E-state index in [1.54, 1.807) is 20.8 Å². The quantitative estimate of drug-likeness (QED) is 0.892. The highest BCUT2D eigenvalue weighted by Crippen LogP contribution is 2.20. The van der Waals surface area contributed by atoms with Crippen molar-refractivity contribution in [3.63, 3.8) is 0 Å². The van der Waals surface area contributed by atoms with Crippen molar-refractivity contribution in [3.8, 4) is 0 Å². The van der Waals surface area contributed by atoms with Gasteiger partial charge in [-0.2, -0.15) is 0 Å². The Kier molecular flexibility index (Phi) is 6.04. The van der Waals surface area contributed by atoms with Crippen LogP contribution in [0.15, 0.2) is 18.2 Å². The summed E-state index contributed by atoms with van der Waals surface area (Å²) in [5.41, 5.74) is 1.97. The Balaban J connectivity index is 2.80. The lowest BCUT2D eigenvalue weighted by atomic mass is 10.1. The maximum atomic E-state index is 12.0. The fourth-order valence-corrected chi connectivity index (χ4v) is 3.07. The molecule has 23 heavy (non-hydrogen) atoms. The number of hydrogen-bond acceptors (Lipinski definition) is 4. The van der Waals surface area contributed by atoms with Crippen LogP contribution in [0.1, 0.15) is 31.9 Å². The molecular weight excluding hydrogens is 316 g/mol. The molecule has 0 spiro atoms. The van der Waals surface area contributed by atoms with Gasteiger partial charge in [0.1, 0.15) is 5.60 Å². The summed E-state index contributed by atoms with van der Waals surface area (Å²) in [6.45, 7) is 9.43. The summed E-state index contributed by atoms with van der Waals surface area (Å²) in [7, 11) is -3.44. The highest BCUT2D eigenvalue weighted by atomic mass is 32.2. The lowest BCUT2D eigenvalue weighted by molar-refractivity contribution is 0.0529. The van der Waals surface area contributed by atoms with E-state index in [1.807, 2.05) is 32.0 Å². The number of amides is 1. The highest BCUT2D eigenvalue weighted by molar-refractivity contribution is 7.92. The summed E-state index contributed by atoms with van der Waals surface area (Å²) in [4.78, 5) is 11.6. The van der Waals surface area contributed by atoms with Gasteiger partial charge in [0.2, 0.25) is 10.0 Å². The lowest BCUT2D eigenvalue weighted by Gasteiger charge is -2.24. The van der Waals surface area contributed by atoms with Crippen LogP contribution >= 0.6 is 0 Å². The molecule has 7 heteroatoms. The summed E-state index contributed by atoms with van der Waals surface area (Å²) in [6, 6.07) is 5.59. The number of ether oxygens (including phenoxy) is 1. The molecule has 0 atom stereocenters. The number of rotatable bonds is 5. The topological polar surface area (TPSA) is 75.7 Å². The number of carbonyl (C=O) groups excluding carboxylic acids is 1. The number of nitrogens with zero attached hydrogens (tertiary/aromatic N) is 1. The van der Waals surface area contributed by atoms with Gasteiger partial charge in [0, 0.05) is 6.54 Å². The summed E-state index contributed by atoms with van der Waals surface area (Å²) in [5.74, 6) is 0. The van der Waals surface area contributed by atoms with E-state index in [1.165, 1.54) is 4.31 Å². The molecule has 0 aromatic heterocycles. The average Bonchev–Trinajstić information content (AvgIpc) is 2.29. The molecule has 0 unspecified atom stereocenters. The molecule has 1 aromatic carbocycles. The molecule has 0 aliphatic carbocycles. The number of sulfonamides is 1. The zero-order valence-electron chi connectivity index (χ0n) is 14.6. The van der Waals surface area contributed by atoms with Crippen LogP contribution < -0.4 is 9.62 Å². The Bertz CT molecular complexity index is 643. The third kappa shape index (κ3) is 6.90. The van der Waals surface area contributed by atoms with E-state index in [2.05, 4.69) is 5.32 Å². The van der Waals surface area contributed by atoms with Crippen molar-refractivity contribution in [2.75, 3.05) is 23.7 Å². The first-order valence-electron chi connectivity index (χ1n) is 7.41. The first kappa shape index (κ1) is 19.3. The Hall–Kier alpha value is -1.76. The predicted octanol–water partition coefficient (Wildman–Crippen LogP) is 2.59. The van der Waals surface area contributed by atoms with E-state index >= 15 is 0 Å². The van der Waals surface area contributed by atoms with Crippen LogP contribution in [0, 0.1) is 13.8 Å². The first-order valence-corrected chi connectivity index (χ1v) is 9.26. The molecule has 0 aliphatic heterocycles. The highest BCUT2D eigenvalue weighted by Gasteiger charge is 2.19. The van der Waals surface area contributed by atoms with Crippen molar-refractivity contribution in [1.29, 1.82) is 0 Å². The average molecular weight is 342 g/mol. The maximum absolute atomic E-state index is 12.0. The van der Waals surface area contributed by atoms with Gasteiger partial charge in [-0.25, -0.2) is 13.2 Å². The largest absolute Gasteiger partial charge is 0.444 e. The molecular formula is C16H26N2O4S. The number of alkyl carbamates (subject to hydrolysis) is 1. The van der Waals surface area contributed by atoms with E-state index in [4.69, 9.17) is 4.74 Å². The van der Waals surface area contributed by atoms with E-state index in [9.17, 15) is 13.2 Å². The van der Waals surface area contributed by atoms with Crippen LogP contribution in [0.4, 0.5) is 10.5 Å². The summed E-state index contributed by atoms with van der Waals surface area (Å²) < 4.78 is 30.5. The predicted molar refractivity (Wildman–Crippen MR) is 92.3 cm³/mol. The minimum Gasteiger partial charge on any atom is -0.444 e. The van der Waals surface area contributed by atoms with Crippen LogP contribution in [0.2, 0.25) is 0 Å². The first-order chi connectivity index (χ1) is 10.4. The number of nitrogens with one attached hydrogen (secondary N) is 1. The monoisotopic (exact) mass is 342 g/mol. The Morgan fingerprint density at radius 1 is 1.17 bits per heavy atom. The van der Waals surface area contributed by atoms with Crippen LogP contribution in [-0.2, 0) is 14.8 Å². The third-order valence-corrected chi connectivity index (χ3v) is 4.07. The standard InChI is InChI=1S/C16H26N2O4S/c1-12-9-13(2)11-14(10-12)18(23(6,20)21)8-7-17-15(19)22-16(3,4)5/h9-11H,7-8H2,1-6H3,(H,17,19). The van der Waals surface area contributed by atoms with Gasteiger partial charge in [-0.1, -0.05) is 6.07 Å². The van der Waals surface area contributed by atoms with E-state index in [0.717, 1.165) is 17.4 Å². The zero-order valence-corrected chi connectivity index (χ0v) is 15.5. The fraction of sp³-hybridized carbons (Fsp3) is 0.562. The molecule has 0 saturated heterocycles. The number of carbonyl (C=O) groups is 1. The fourth-order valence-electron chi connectivity index (χ4n) is 2.15. The van der Waals surface area contributed by atoms with Gasteiger partial charge in [-0.3, -0.25) is 4.31 Å². The van der Waals surface area contributed by atoms with Crippen LogP contribution in [0.5, 0.6) is 0 Å². The second-order valence-corrected chi connectivity index (χ2v) is 8.52. The van der Waals surface area contributed by atoms with Crippen molar-refractivity contribution in [2.24, 2.45) is 0 Å². The summed E-state index contributed by atoms with van der Waals surface area (Å²) in [5, 5.41) is 2.57. The lowest BCUT2D eigenvalue weighted by Crippen LogP contribution is -2.40. The van der Waals surface area contributed by atoms with E-state index in [0.29, 0.717) is 5.69 Å². The molecule has 1 amide bonds. The second kappa shape index (κ2) is 7.21. The Labute approximate surface area is 138 Å². The second-order valence-electron chi connectivity index (χ2n) is 6.61. The zero-order chi connectivity index (χ0) is 17.8.